The summed E-state index contributed by atoms with van der Waals surface area (Å²) >= 11 is 3.31. The number of para-hydroxylation sites is 2. The highest BCUT2D eigenvalue weighted by Gasteiger charge is 2.18. The Kier molecular flexibility index (Phi) is 8.94. The maximum Gasteiger partial charge on any atom is 0.343 e. The van der Waals surface area contributed by atoms with E-state index in [-0.39, 0.29) is 11.3 Å². The number of benzene rings is 4. The van der Waals surface area contributed by atoms with E-state index in [0.717, 1.165) is 4.47 Å². The Morgan fingerprint density at radius 3 is 2.21 bits per heavy atom. The average Bonchev–Trinajstić information content (AvgIpc) is 2.94. The van der Waals surface area contributed by atoms with Crippen LogP contribution in [0.1, 0.15) is 26.3 Å². The van der Waals surface area contributed by atoms with Crippen LogP contribution in [0.25, 0.3) is 0 Å². The van der Waals surface area contributed by atoms with Crippen molar-refractivity contribution in [1.82, 2.24) is 5.43 Å². The highest BCUT2D eigenvalue weighted by atomic mass is 79.9. The number of ether oxygens (including phenoxy) is 1. The molecule has 0 aliphatic carbocycles. The SMILES string of the molecule is O=C(NN=Cc1ccc(OC(=O)c2cccc(Br)c2)cc1)C(=O)Nc1ccccc1C(=O)Nc1ccccc1. The third-order valence-corrected chi connectivity index (χ3v) is 5.68. The van der Waals surface area contributed by atoms with E-state index in [1.54, 1.807) is 84.9 Å². The predicted octanol–water partition coefficient (Wildman–Crippen LogP) is 5.01. The van der Waals surface area contributed by atoms with Crippen LogP contribution >= 0.6 is 15.9 Å². The quantitative estimate of drug-likeness (QED) is 0.0925. The lowest BCUT2D eigenvalue weighted by atomic mass is 10.1. The van der Waals surface area contributed by atoms with Crippen molar-refractivity contribution in [2.45, 2.75) is 0 Å². The van der Waals surface area contributed by atoms with Gasteiger partial charge in [0, 0.05) is 10.2 Å². The Hall–Kier alpha value is -5.09. The molecule has 4 aromatic rings. The third kappa shape index (κ3) is 7.70. The molecular formula is C29H21BrN4O5. The number of nitrogens with one attached hydrogen (secondary N) is 3. The van der Waals surface area contributed by atoms with Crippen LogP contribution in [0.15, 0.2) is 113 Å². The van der Waals surface area contributed by atoms with E-state index >= 15 is 0 Å². The van der Waals surface area contributed by atoms with Gasteiger partial charge >= 0.3 is 17.8 Å². The summed E-state index contributed by atoms with van der Waals surface area (Å²) in [6, 6.07) is 28.4. The van der Waals surface area contributed by atoms with E-state index in [1.165, 1.54) is 18.3 Å². The van der Waals surface area contributed by atoms with Crippen molar-refractivity contribution in [3.8, 4) is 5.75 Å². The smallest absolute Gasteiger partial charge is 0.343 e. The molecule has 3 amide bonds. The first-order valence-corrected chi connectivity index (χ1v) is 12.4. The summed E-state index contributed by atoms with van der Waals surface area (Å²) in [6.07, 6.45) is 1.33. The van der Waals surface area contributed by atoms with Crippen molar-refractivity contribution in [3.63, 3.8) is 0 Å². The number of hydrogen-bond acceptors (Lipinski definition) is 6. The topological polar surface area (TPSA) is 126 Å². The zero-order chi connectivity index (χ0) is 27.6. The minimum atomic E-state index is -1.02. The van der Waals surface area contributed by atoms with Gasteiger partial charge in [0.25, 0.3) is 5.91 Å². The fourth-order valence-electron chi connectivity index (χ4n) is 3.31. The maximum atomic E-state index is 12.7. The van der Waals surface area contributed by atoms with E-state index in [9.17, 15) is 19.2 Å². The van der Waals surface area contributed by atoms with Gasteiger partial charge in [-0.25, -0.2) is 10.2 Å². The predicted molar refractivity (Wildman–Crippen MR) is 151 cm³/mol. The second kappa shape index (κ2) is 12.9. The minimum Gasteiger partial charge on any atom is -0.423 e. The van der Waals surface area contributed by atoms with Gasteiger partial charge in [-0.2, -0.15) is 5.10 Å². The van der Waals surface area contributed by atoms with Crippen molar-refractivity contribution in [3.05, 3.63) is 124 Å². The number of esters is 1. The number of amides is 3. The van der Waals surface area contributed by atoms with Gasteiger partial charge in [-0.15, -0.1) is 0 Å². The molecular weight excluding hydrogens is 564 g/mol. The number of nitrogens with zero attached hydrogens (tertiary/aromatic N) is 1. The van der Waals surface area contributed by atoms with E-state index in [1.807, 2.05) is 6.07 Å². The Balaban J connectivity index is 1.30. The Labute approximate surface area is 232 Å². The summed E-state index contributed by atoms with van der Waals surface area (Å²) in [5.74, 6) is -2.64. The summed E-state index contributed by atoms with van der Waals surface area (Å²) in [5, 5.41) is 8.95. The minimum absolute atomic E-state index is 0.169. The number of carbonyl (C=O) groups excluding carboxylic acids is 4. The molecule has 194 valence electrons. The van der Waals surface area contributed by atoms with Crippen molar-refractivity contribution in [2.24, 2.45) is 5.10 Å². The van der Waals surface area contributed by atoms with Gasteiger partial charge in [-0.05, 0) is 72.3 Å². The van der Waals surface area contributed by atoms with Crippen molar-refractivity contribution in [2.75, 3.05) is 10.6 Å². The number of hydrazone groups is 1. The van der Waals surface area contributed by atoms with E-state index in [4.69, 9.17) is 4.74 Å². The molecule has 0 unspecified atom stereocenters. The summed E-state index contributed by atoms with van der Waals surface area (Å²) in [5.41, 5.74) is 4.07. The van der Waals surface area contributed by atoms with Crippen LogP contribution in [0.4, 0.5) is 11.4 Å². The van der Waals surface area contributed by atoms with E-state index < -0.39 is 23.7 Å². The molecule has 10 heteroatoms. The van der Waals surface area contributed by atoms with Crippen LogP contribution in [0, 0.1) is 0 Å². The lowest BCUT2D eigenvalue weighted by molar-refractivity contribution is -0.136. The molecule has 4 aromatic carbocycles. The lowest BCUT2D eigenvalue weighted by Crippen LogP contribution is -2.33. The zero-order valence-corrected chi connectivity index (χ0v) is 21.8. The first kappa shape index (κ1) is 27.0. The molecule has 0 aliphatic rings. The van der Waals surface area contributed by atoms with Crippen LogP contribution in [0.2, 0.25) is 0 Å². The standard InChI is InChI=1S/C29H21BrN4O5/c30-21-8-6-7-20(17-21)29(38)39-23-15-13-19(14-16-23)18-31-34-28(37)27(36)33-25-12-5-4-11-24(25)26(35)32-22-9-2-1-3-10-22/h1-18H,(H,32,35)(H,33,36)(H,34,37). The molecule has 0 atom stereocenters. The van der Waals surface area contributed by atoms with Crippen molar-refractivity contribution in [1.29, 1.82) is 0 Å². The van der Waals surface area contributed by atoms with Gasteiger partial charge < -0.3 is 15.4 Å². The molecule has 0 spiro atoms. The fourth-order valence-corrected chi connectivity index (χ4v) is 3.71. The van der Waals surface area contributed by atoms with Crippen LogP contribution in [0.5, 0.6) is 5.75 Å². The molecule has 0 heterocycles. The fraction of sp³-hybridized carbons (Fsp3) is 0. The molecule has 0 saturated carbocycles. The number of rotatable bonds is 7. The summed E-state index contributed by atoms with van der Waals surface area (Å²) in [4.78, 5) is 49.6. The zero-order valence-electron chi connectivity index (χ0n) is 20.3. The van der Waals surface area contributed by atoms with Gasteiger partial charge in [0.1, 0.15) is 5.75 Å². The molecule has 0 fully saturated rings. The van der Waals surface area contributed by atoms with E-state index in [2.05, 4.69) is 37.1 Å². The molecule has 3 N–H and O–H groups in total. The highest BCUT2D eigenvalue weighted by molar-refractivity contribution is 9.10. The Morgan fingerprint density at radius 2 is 1.46 bits per heavy atom. The van der Waals surface area contributed by atoms with Gasteiger partial charge in [0.2, 0.25) is 0 Å². The van der Waals surface area contributed by atoms with Gasteiger partial charge in [-0.3, -0.25) is 14.4 Å². The van der Waals surface area contributed by atoms with Gasteiger partial charge in [-0.1, -0.05) is 52.3 Å². The first-order valence-electron chi connectivity index (χ1n) is 11.6. The molecule has 0 aromatic heterocycles. The third-order valence-electron chi connectivity index (χ3n) is 5.19. The van der Waals surface area contributed by atoms with Crippen LogP contribution in [0.3, 0.4) is 0 Å². The van der Waals surface area contributed by atoms with Crippen LogP contribution < -0.4 is 20.8 Å². The molecule has 0 radical (unpaired) electrons. The van der Waals surface area contributed by atoms with E-state index in [0.29, 0.717) is 22.6 Å². The van der Waals surface area contributed by atoms with Gasteiger partial charge in [0.05, 0.1) is 23.0 Å². The first-order chi connectivity index (χ1) is 18.9. The Morgan fingerprint density at radius 1 is 0.744 bits per heavy atom. The number of halogens is 1. The number of anilines is 2. The monoisotopic (exact) mass is 584 g/mol. The normalized spacial score (nSPS) is 10.5. The summed E-state index contributed by atoms with van der Waals surface area (Å²) in [6.45, 7) is 0. The highest BCUT2D eigenvalue weighted by Crippen LogP contribution is 2.18. The molecule has 0 bridgehead atoms. The molecule has 0 saturated heterocycles. The molecule has 9 nitrogen and oxygen atoms in total. The second-order valence-electron chi connectivity index (χ2n) is 7.99. The van der Waals surface area contributed by atoms with Crippen molar-refractivity contribution < 1.29 is 23.9 Å². The van der Waals surface area contributed by atoms with Crippen LogP contribution in [-0.4, -0.2) is 29.9 Å². The molecule has 4 rings (SSSR count). The van der Waals surface area contributed by atoms with Crippen molar-refractivity contribution >= 4 is 57.2 Å². The average molecular weight is 585 g/mol. The molecule has 39 heavy (non-hydrogen) atoms. The number of hydrogen-bond donors (Lipinski definition) is 3. The lowest BCUT2D eigenvalue weighted by Gasteiger charge is -2.11. The molecule has 0 aliphatic heterocycles. The Bertz CT molecular complexity index is 1540. The second-order valence-corrected chi connectivity index (χ2v) is 8.90. The number of carbonyl (C=O) groups is 4. The summed E-state index contributed by atoms with van der Waals surface area (Å²) < 4.78 is 6.11. The summed E-state index contributed by atoms with van der Waals surface area (Å²) in [7, 11) is 0. The maximum absolute atomic E-state index is 12.7. The van der Waals surface area contributed by atoms with Gasteiger partial charge in [0.15, 0.2) is 0 Å². The van der Waals surface area contributed by atoms with Crippen LogP contribution in [-0.2, 0) is 9.59 Å². The largest absolute Gasteiger partial charge is 0.423 e.